The highest BCUT2D eigenvalue weighted by Gasteiger charge is 2.35. The maximum Gasteiger partial charge on any atom is 0.416 e. The molecule has 1 aliphatic rings. The lowest BCUT2D eigenvalue weighted by Gasteiger charge is -2.15. The van der Waals surface area contributed by atoms with Crippen molar-refractivity contribution in [2.75, 3.05) is 6.54 Å². The number of sulfonamides is 1. The number of halogens is 4. The molecule has 0 aliphatic carbocycles. The summed E-state index contributed by atoms with van der Waals surface area (Å²) in [5.74, 6) is 0. The highest BCUT2D eigenvalue weighted by atomic mass is 35.5. The zero-order chi connectivity index (χ0) is 17.4. The van der Waals surface area contributed by atoms with Crippen molar-refractivity contribution in [3.05, 3.63) is 28.8 Å². The quantitative estimate of drug-likeness (QED) is 0.833. The minimum Gasteiger partial charge on any atom is -0.306 e. The van der Waals surface area contributed by atoms with Crippen molar-refractivity contribution >= 4 is 21.6 Å². The first-order valence-corrected chi connectivity index (χ1v) is 8.46. The number of likely N-dealkylation sites (tertiary alicyclic amines) is 1. The Balaban J connectivity index is 2.29. The van der Waals surface area contributed by atoms with Crippen LogP contribution in [0, 0.1) is 11.5 Å². The van der Waals surface area contributed by atoms with Gasteiger partial charge in [-0.15, -0.1) is 0 Å². The Hall–Kier alpha value is -1.50. The van der Waals surface area contributed by atoms with Gasteiger partial charge >= 0.3 is 6.18 Å². The van der Waals surface area contributed by atoms with Gasteiger partial charge in [0.25, 0.3) is 0 Å². The van der Waals surface area contributed by atoms with Gasteiger partial charge in [-0.25, -0.2) is 13.1 Å². The van der Waals surface area contributed by atoms with E-state index in [1.807, 2.05) is 6.19 Å². The van der Waals surface area contributed by atoms with Crippen LogP contribution in [0.15, 0.2) is 23.1 Å². The second-order valence-electron chi connectivity index (χ2n) is 5.30. The van der Waals surface area contributed by atoms with Crippen molar-refractivity contribution in [2.45, 2.75) is 36.5 Å². The summed E-state index contributed by atoms with van der Waals surface area (Å²) >= 11 is 5.75. The number of hydrogen-bond acceptors (Lipinski definition) is 4. The van der Waals surface area contributed by atoms with Gasteiger partial charge in [0, 0.05) is 18.6 Å². The average Bonchev–Trinajstić information content (AvgIpc) is 2.76. The first-order valence-electron chi connectivity index (χ1n) is 6.60. The molecule has 0 saturated carbocycles. The number of nitrogens with zero attached hydrogens (tertiary/aromatic N) is 2. The van der Waals surface area contributed by atoms with Crippen LogP contribution in [0.4, 0.5) is 13.2 Å². The van der Waals surface area contributed by atoms with Crippen molar-refractivity contribution in [1.29, 1.82) is 5.26 Å². The van der Waals surface area contributed by atoms with Gasteiger partial charge in [0.1, 0.15) is 4.90 Å². The molecule has 23 heavy (non-hydrogen) atoms. The summed E-state index contributed by atoms with van der Waals surface area (Å²) < 4.78 is 65.2. The lowest BCUT2D eigenvalue weighted by molar-refractivity contribution is -0.137. The normalized spacial score (nSPS) is 22.2. The molecular weight excluding hydrogens is 355 g/mol. The summed E-state index contributed by atoms with van der Waals surface area (Å²) in [7, 11) is -4.23. The number of nitriles is 1. The summed E-state index contributed by atoms with van der Waals surface area (Å²) in [6.45, 7) is 1.92. The Morgan fingerprint density at radius 1 is 1.43 bits per heavy atom. The van der Waals surface area contributed by atoms with Crippen LogP contribution < -0.4 is 4.72 Å². The molecule has 126 valence electrons. The van der Waals surface area contributed by atoms with Crippen LogP contribution in [-0.2, 0) is 16.2 Å². The van der Waals surface area contributed by atoms with Gasteiger partial charge in [-0.2, -0.15) is 18.4 Å². The second-order valence-corrected chi connectivity index (χ2v) is 7.39. The fourth-order valence-corrected chi connectivity index (χ4v) is 4.19. The summed E-state index contributed by atoms with van der Waals surface area (Å²) in [6, 6.07) is 1.41. The third kappa shape index (κ3) is 3.88. The van der Waals surface area contributed by atoms with Crippen molar-refractivity contribution in [1.82, 2.24) is 9.62 Å². The smallest absolute Gasteiger partial charge is 0.306 e. The standard InChI is InChI=1S/C13H13ClF3N3O2S/c1-8-4-10(6-20(8)7-18)19-23(21,22)12-5-9(13(15,16)17)2-3-11(12)14/h2-3,5,8,10,19H,4,6H2,1H3/t8-,10+/m0/s1. The van der Waals surface area contributed by atoms with Gasteiger partial charge in [-0.3, -0.25) is 0 Å². The van der Waals surface area contributed by atoms with E-state index in [0.717, 1.165) is 12.1 Å². The highest BCUT2D eigenvalue weighted by molar-refractivity contribution is 7.89. The van der Waals surface area contributed by atoms with E-state index in [4.69, 9.17) is 16.9 Å². The molecule has 0 unspecified atom stereocenters. The predicted octanol–water partition coefficient (Wildman–Crippen LogP) is 2.58. The molecule has 1 fully saturated rings. The molecule has 10 heteroatoms. The van der Waals surface area contributed by atoms with E-state index < -0.39 is 32.7 Å². The van der Waals surface area contributed by atoms with Gasteiger partial charge in [0.15, 0.2) is 6.19 Å². The first kappa shape index (κ1) is 17.8. The largest absolute Gasteiger partial charge is 0.416 e. The van der Waals surface area contributed by atoms with Crippen LogP contribution in [-0.4, -0.2) is 31.9 Å². The van der Waals surface area contributed by atoms with Gasteiger partial charge < -0.3 is 4.90 Å². The van der Waals surface area contributed by atoms with Crippen LogP contribution in [0.1, 0.15) is 18.9 Å². The molecule has 0 aromatic heterocycles. The number of nitrogens with one attached hydrogen (secondary N) is 1. The zero-order valence-corrected chi connectivity index (χ0v) is 13.5. The maximum absolute atomic E-state index is 12.7. The Morgan fingerprint density at radius 3 is 2.61 bits per heavy atom. The van der Waals surface area contributed by atoms with E-state index in [1.54, 1.807) is 6.92 Å². The zero-order valence-electron chi connectivity index (χ0n) is 11.9. The number of benzene rings is 1. The van der Waals surface area contributed by atoms with E-state index in [0.29, 0.717) is 12.5 Å². The predicted molar refractivity (Wildman–Crippen MR) is 77.0 cm³/mol. The van der Waals surface area contributed by atoms with Gasteiger partial charge in [-0.05, 0) is 31.5 Å². The van der Waals surface area contributed by atoms with E-state index in [2.05, 4.69) is 4.72 Å². The van der Waals surface area contributed by atoms with Crippen LogP contribution in [0.25, 0.3) is 0 Å². The Labute approximate surface area is 136 Å². The number of alkyl halides is 3. The lowest BCUT2D eigenvalue weighted by atomic mass is 10.2. The first-order chi connectivity index (χ1) is 10.5. The molecule has 0 bridgehead atoms. The molecule has 0 amide bonds. The third-order valence-corrected chi connectivity index (χ3v) is 5.58. The molecule has 1 aromatic carbocycles. The summed E-state index contributed by atoms with van der Waals surface area (Å²) in [5.41, 5.74) is -1.10. The summed E-state index contributed by atoms with van der Waals surface area (Å²) in [4.78, 5) is 0.776. The van der Waals surface area contributed by atoms with Crippen molar-refractivity contribution in [3.63, 3.8) is 0 Å². The molecule has 2 rings (SSSR count). The molecule has 1 aliphatic heterocycles. The second kappa shape index (κ2) is 6.19. The van der Waals surface area contributed by atoms with Crippen molar-refractivity contribution in [2.24, 2.45) is 0 Å². The van der Waals surface area contributed by atoms with Crippen molar-refractivity contribution < 1.29 is 21.6 Å². The molecule has 1 aromatic rings. The fraction of sp³-hybridized carbons (Fsp3) is 0.462. The van der Waals surface area contributed by atoms with Gasteiger partial charge in [0.2, 0.25) is 10.0 Å². The minimum atomic E-state index is -4.67. The van der Waals surface area contributed by atoms with E-state index >= 15 is 0 Å². The van der Waals surface area contributed by atoms with Gasteiger partial charge in [0.05, 0.1) is 10.6 Å². The van der Waals surface area contributed by atoms with E-state index in [-0.39, 0.29) is 17.6 Å². The molecule has 5 nitrogen and oxygen atoms in total. The number of hydrogen-bond donors (Lipinski definition) is 1. The molecule has 0 radical (unpaired) electrons. The Bertz CT molecular complexity index is 746. The van der Waals surface area contributed by atoms with Crippen molar-refractivity contribution in [3.8, 4) is 6.19 Å². The molecule has 1 heterocycles. The summed E-state index contributed by atoms with van der Waals surface area (Å²) in [5, 5.41) is 8.59. The number of rotatable bonds is 3. The van der Waals surface area contributed by atoms with Crippen LogP contribution in [0.2, 0.25) is 5.02 Å². The van der Waals surface area contributed by atoms with E-state index in [9.17, 15) is 21.6 Å². The topological polar surface area (TPSA) is 73.2 Å². The van der Waals surface area contributed by atoms with Crippen LogP contribution in [0.5, 0.6) is 0 Å². The molecule has 1 N–H and O–H groups in total. The van der Waals surface area contributed by atoms with Gasteiger partial charge in [-0.1, -0.05) is 11.6 Å². The highest BCUT2D eigenvalue weighted by Crippen LogP contribution is 2.33. The minimum absolute atomic E-state index is 0.148. The molecule has 0 spiro atoms. The lowest BCUT2D eigenvalue weighted by Crippen LogP contribution is -2.36. The fourth-order valence-electron chi connectivity index (χ4n) is 2.42. The maximum atomic E-state index is 12.7. The molecule has 2 atom stereocenters. The SMILES string of the molecule is C[C@H]1C[C@@H](NS(=O)(=O)c2cc(C(F)(F)F)ccc2Cl)CN1C#N. The molecule has 1 saturated heterocycles. The Morgan fingerprint density at radius 2 is 2.09 bits per heavy atom. The van der Waals surface area contributed by atoms with E-state index in [1.165, 1.54) is 4.90 Å². The third-order valence-electron chi connectivity index (χ3n) is 3.57. The molecular formula is C13H13ClF3N3O2S. The van der Waals surface area contributed by atoms with Crippen LogP contribution >= 0.6 is 11.6 Å². The average molecular weight is 368 g/mol. The summed E-state index contributed by atoms with van der Waals surface area (Å²) in [6.07, 6.45) is -2.36. The Kier molecular flexibility index (Phi) is 4.80. The monoisotopic (exact) mass is 367 g/mol. The van der Waals surface area contributed by atoms with Crippen LogP contribution in [0.3, 0.4) is 0 Å².